The van der Waals surface area contributed by atoms with Gasteiger partial charge in [0.1, 0.15) is 5.82 Å². The predicted molar refractivity (Wildman–Crippen MR) is 65.7 cm³/mol. The fraction of sp³-hybridized carbons (Fsp3) is 0.154. The van der Waals surface area contributed by atoms with Crippen molar-refractivity contribution in [2.45, 2.75) is 13.3 Å². The van der Waals surface area contributed by atoms with Gasteiger partial charge in [0.2, 0.25) is 0 Å². The summed E-state index contributed by atoms with van der Waals surface area (Å²) in [6, 6.07) is 6.03. The van der Waals surface area contributed by atoms with E-state index in [-0.39, 0.29) is 0 Å². The monoisotopic (exact) mass is 224 g/mol. The molecule has 0 saturated carbocycles. The van der Waals surface area contributed by atoms with Gasteiger partial charge in [0.05, 0.1) is 5.52 Å². The largest absolute Gasteiger partial charge is 0.340 e. The van der Waals surface area contributed by atoms with Crippen LogP contribution in [0.5, 0.6) is 0 Å². The molecule has 0 aliphatic heterocycles. The Labute approximate surface area is 98.8 Å². The SMILES string of the molecule is Cc1cnc2nc(Cc3cccnc3)[nH]c2c1. The molecule has 3 aromatic heterocycles. The summed E-state index contributed by atoms with van der Waals surface area (Å²) in [5.74, 6) is 0.922. The van der Waals surface area contributed by atoms with E-state index in [9.17, 15) is 0 Å². The van der Waals surface area contributed by atoms with Crippen LogP contribution in [0.1, 0.15) is 17.0 Å². The highest BCUT2D eigenvalue weighted by atomic mass is 15.0. The number of pyridine rings is 2. The zero-order valence-corrected chi connectivity index (χ0v) is 9.51. The van der Waals surface area contributed by atoms with Crippen LogP contribution < -0.4 is 0 Å². The molecule has 17 heavy (non-hydrogen) atoms. The second-order valence-corrected chi connectivity index (χ2v) is 4.11. The maximum atomic E-state index is 4.45. The van der Waals surface area contributed by atoms with E-state index in [2.05, 4.69) is 26.0 Å². The molecule has 84 valence electrons. The zero-order chi connectivity index (χ0) is 11.7. The van der Waals surface area contributed by atoms with Crippen LogP contribution in [0.2, 0.25) is 0 Å². The normalized spacial score (nSPS) is 10.9. The van der Waals surface area contributed by atoms with Crippen molar-refractivity contribution in [3.05, 3.63) is 53.7 Å². The van der Waals surface area contributed by atoms with Crippen LogP contribution in [0.4, 0.5) is 0 Å². The van der Waals surface area contributed by atoms with Crippen molar-refractivity contribution in [2.24, 2.45) is 0 Å². The molecule has 3 aromatic rings. The Morgan fingerprint density at radius 1 is 1.29 bits per heavy atom. The van der Waals surface area contributed by atoms with Crippen LogP contribution in [-0.2, 0) is 6.42 Å². The molecule has 0 aliphatic rings. The van der Waals surface area contributed by atoms with Gasteiger partial charge in [-0.05, 0) is 30.2 Å². The quantitative estimate of drug-likeness (QED) is 0.726. The van der Waals surface area contributed by atoms with E-state index >= 15 is 0 Å². The maximum Gasteiger partial charge on any atom is 0.177 e. The second kappa shape index (κ2) is 3.97. The molecule has 4 nitrogen and oxygen atoms in total. The van der Waals surface area contributed by atoms with Crippen molar-refractivity contribution in [1.29, 1.82) is 0 Å². The molecule has 0 amide bonds. The number of H-pyrrole nitrogens is 1. The van der Waals surface area contributed by atoms with Gasteiger partial charge in [0, 0.05) is 25.0 Å². The summed E-state index contributed by atoms with van der Waals surface area (Å²) >= 11 is 0. The Morgan fingerprint density at radius 2 is 2.24 bits per heavy atom. The number of rotatable bonds is 2. The molecule has 0 unspecified atom stereocenters. The third-order valence-electron chi connectivity index (χ3n) is 2.62. The van der Waals surface area contributed by atoms with E-state index in [1.54, 1.807) is 6.20 Å². The smallest absolute Gasteiger partial charge is 0.177 e. The average Bonchev–Trinajstić information content (AvgIpc) is 2.71. The van der Waals surface area contributed by atoms with Crippen molar-refractivity contribution in [3.8, 4) is 0 Å². The Bertz CT molecular complexity index is 643. The van der Waals surface area contributed by atoms with Crippen LogP contribution in [0.3, 0.4) is 0 Å². The lowest BCUT2D eigenvalue weighted by Gasteiger charge is -1.95. The van der Waals surface area contributed by atoms with Gasteiger partial charge in [-0.15, -0.1) is 0 Å². The van der Waals surface area contributed by atoms with E-state index in [1.165, 1.54) is 0 Å². The molecule has 0 fully saturated rings. The van der Waals surface area contributed by atoms with Crippen molar-refractivity contribution < 1.29 is 0 Å². The molecule has 0 spiro atoms. The minimum Gasteiger partial charge on any atom is -0.340 e. The molecule has 0 aromatic carbocycles. The highest BCUT2D eigenvalue weighted by Gasteiger charge is 2.04. The standard InChI is InChI=1S/C13H12N4/c1-9-5-11-13(15-7-9)17-12(16-11)6-10-3-2-4-14-8-10/h2-5,7-8H,6H2,1H3,(H,15,16,17). The molecule has 1 N–H and O–H groups in total. The lowest BCUT2D eigenvalue weighted by Crippen LogP contribution is -1.90. The Balaban J connectivity index is 1.96. The van der Waals surface area contributed by atoms with Gasteiger partial charge >= 0.3 is 0 Å². The van der Waals surface area contributed by atoms with Gasteiger partial charge in [-0.2, -0.15) is 0 Å². The average molecular weight is 224 g/mol. The molecule has 0 saturated heterocycles. The highest BCUT2D eigenvalue weighted by molar-refractivity contribution is 5.71. The summed E-state index contributed by atoms with van der Waals surface area (Å²) in [6.07, 6.45) is 6.21. The van der Waals surface area contributed by atoms with E-state index in [4.69, 9.17) is 0 Å². The predicted octanol–water partition coefficient (Wildman–Crippen LogP) is 2.25. The number of nitrogens with zero attached hydrogens (tertiary/aromatic N) is 3. The lowest BCUT2D eigenvalue weighted by molar-refractivity contribution is 1.02. The number of nitrogens with one attached hydrogen (secondary N) is 1. The third-order valence-corrected chi connectivity index (χ3v) is 2.62. The van der Waals surface area contributed by atoms with Gasteiger partial charge in [-0.3, -0.25) is 4.98 Å². The Kier molecular flexibility index (Phi) is 2.33. The molecule has 4 heteroatoms. The number of fused-ring (bicyclic) bond motifs is 1. The number of hydrogen-bond acceptors (Lipinski definition) is 3. The summed E-state index contributed by atoms with van der Waals surface area (Å²) < 4.78 is 0. The number of aromatic amines is 1. The first-order chi connectivity index (χ1) is 8.31. The van der Waals surface area contributed by atoms with Crippen molar-refractivity contribution in [2.75, 3.05) is 0 Å². The number of hydrogen-bond donors (Lipinski definition) is 1. The summed E-state index contributed by atoms with van der Waals surface area (Å²) in [4.78, 5) is 16.1. The summed E-state index contributed by atoms with van der Waals surface area (Å²) in [5, 5.41) is 0. The third kappa shape index (κ3) is 2.01. The molecule has 3 rings (SSSR count). The first-order valence-corrected chi connectivity index (χ1v) is 5.51. The highest BCUT2D eigenvalue weighted by Crippen LogP contribution is 2.12. The summed E-state index contributed by atoms with van der Waals surface area (Å²) in [5.41, 5.74) is 4.04. The summed E-state index contributed by atoms with van der Waals surface area (Å²) in [6.45, 7) is 2.02. The van der Waals surface area contributed by atoms with Crippen LogP contribution in [0.25, 0.3) is 11.2 Å². The maximum absolute atomic E-state index is 4.45. The molecule has 0 bridgehead atoms. The number of imidazole rings is 1. The van der Waals surface area contributed by atoms with Crippen molar-refractivity contribution in [1.82, 2.24) is 19.9 Å². The van der Waals surface area contributed by atoms with E-state index in [0.29, 0.717) is 0 Å². The molecule has 3 heterocycles. The molecule has 0 radical (unpaired) electrons. The van der Waals surface area contributed by atoms with Crippen LogP contribution in [-0.4, -0.2) is 19.9 Å². The molecular weight excluding hydrogens is 212 g/mol. The van der Waals surface area contributed by atoms with E-state index in [1.807, 2.05) is 31.5 Å². The van der Waals surface area contributed by atoms with Gasteiger partial charge in [0.25, 0.3) is 0 Å². The minimum atomic E-state index is 0.753. The van der Waals surface area contributed by atoms with Crippen molar-refractivity contribution >= 4 is 11.2 Å². The van der Waals surface area contributed by atoms with E-state index in [0.717, 1.165) is 34.5 Å². The number of aromatic nitrogens is 4. The fourth-order valence-corrected chi connectivity index (χ4v) is 1.83. The fourth-order valence-electron chi connectivity index (χ4n) is 1.83. The lowest BCUT2D eigenvalue weighted by atomic mass is 10.2. The number of aryl methyl sites for hydroxylation is 1. The van der Waals surface area contributed by atoms with Gasteiger partial charge in [-0.1, -0.05) is 6.07 Å². The molecule has 0 aliphatic carbocycles. The summed E-state index contributed by atoms with van der Waals surface area (Å²) in [7, 11) is 0. The second-order valence-electron chi connectivity index (χ2n) is 4.11. The Morgan fingerprint density at radius 3 is 3.06 bits per heavy atom. The first-order valence-electron chi connectivity index (χ1n) is 5.51. The van der Waals surface area contributed by atoms with Gasteiger partial charge in [0.15, 0.2) is 5.65 Å². The van der Waals surface area contributed by atoms with Gasteiger partial charge < -0.3 is 4.98 Å². The van der Waals surface area contributed by atoms with Crippen LogP contribution in [0, 0.1) is 6.92 Å². The van der Waals surface area contributed by atoms with Crippen LogP contribution in [0.15, 0.2) is 36.8 Å². The zero-order valence-electron chi connectivity index (χ0n) is 9.51. The topological polar surface area (TPSA) is 54.5 Å². The van der Waals surface area contributed by atoms with Gasteiger partial charge in [-0.25, -0.2) is 9.97 Å². The first kappa shape index (κ1) is 9.96. The van der Waals surface area contributed by atoms with Crippen LogP contribution >= 0.6 is 0 Å². The Hall–Kier alpha value is -2.23. The molecule has 0 atom stereocenters. The van der Waals surface area contributed by atoms with Crippen molar-refractivity contribution in [3.63, 3.8) is 0 Å². The minimum absolute atomic E-state index is 0.753. The van der Waals surface area contributed by atoms with E-state index < -0.39 is 0 Å². The molecular formula is C13H12N4.